The van der Waals surface area contributed by atoms with Gasteiger partial charge in [0.05, 0.1) is 12.6 Å². The van der Waals surface area contributed by atoms with E-state index in [1.165, 1.54) is 56.1 Å². The Labute approximate surface area is 154 Å². The molecule has 3 atom stereocenters. The lowest BCUT2D eigenvalue weighted by Crippen LogP contribution is -2.43. The molecule has 1 aliphatic heterocycles. The second-order valence-electron chi connectivity index (χ2n) is 8.04. The number of nitrogens with zero attached hydrogens (tertiary/aromatic N) is 1. The third kappa shape index (κ3) is 6.60. The number of likely N-dealkylation sites (tertiary alicyclic amines) is 1. The summed E-state index contributed by atoms with van der Waals surface area (Å²) in [6, 6.07) is 11.3. The summed E-state index contributed by atoms with van der Waals surface area (Å²) in [5.41, 5.74) is 2.69. The van der Waals surface area contributed by atoms with Gasteiger partial charge >= 0.3 is 0 Å². The van der Waals surface area contributed by atoms with Gasteiger partial charge in [0.15, 0.2) is 0 Å². The van der Waals surface area contributed by atoms with Gasteiger partial charge in [0.25, 0.3) is 0 Å². The van der Waals surface area contributed by atoms with E-state index in [1.807, 2.05) is 0 Å². The molecule has 2 rings (SSSR count). The number of hydrogen-bond acceptors (Lipinski definition) is 2. The molecule has 1 saturated heterocycles. The fourth-order valence-corrected chi connectivity index (χ4v) is 4.10. The van der Waals surface area contributed by atoms with Gasteiger partial charge in [0.2, 0.25) is 0 Å². The number of piperidine rings is 1. The Balaban J connectivity index is 1.92. The average molecular weight is 344 g/mol. The lowest BCUT2D eigenvalue weighted by Gasteiger charge is -2.41. The third-order valence-electron chi connectivity index (χ3n) is 5.64. The van der Waals surface area contributed by atoms with Crippen molar-refractivity contribution in [2.24, 2.45) is 5.92 Å². The largest absolute Gasteiger partial charge is 0.394 e. The first-order valence-corrected chi connectivity index (χ1v) is 10.2. The Morgan fingerprint density at radius 1 is 1.20 bits per heavy atom. The summed E-state index contributed by atoms with van der Waals surface area (Å²) in [6.45, 7) is 8.10. The first kappa shape index (κ1) is 20.2. The number of benzene rings is 1. The second-order valence-corrected chi connectivity index (χ2v) is 8.04. The predicted octanol–water partition coefficient (Wildman–Crippen LogP) is 5.74. The van der Waals surface area contributed by atoms with Crippen LogP contribution in [0.15, 0.2) is 42.0 Å². The Morgan fingerprint density at radius 2 is 1.96 bits per heavy atom. The van der Waals surface area contributed by atoms with E-state index in [4.69, 9.17) is 0 Å². The molecular formula is C23H37NO. The van der Waals surface area contributed by atoms with Crippen LogP contribution in [0.1, 0.15) is 77.3 Å². The van der Waals surface area contributed by atoms with Crippen LogP contribution < -0.4 is 0 Å². The van der Waals surface area contributed by atoms with Crippen molar-refractivity contribution in [1.29, 1.82) is 0 Å². The number of aliphatic hydroxyl groups excluding tert-OH is 1. The third-order valence-corrected chi connectivity index (χ3v) is 5.64. The second kappa shape index (κ2) is 10.8. The molecule has 0 spiro atoms. The predicted molar refractivity (Wildman–Crippen MR) is 108 cm³/mol. The average Bonchev–Trinajstić information content (AvgIpc) is 2.62. The molecule has 1 heterocycles. The van der Waals surface area contributed by atoms with E-state index in [2.05, 4.69) is 62.1 Å². The van der Waals surface area contributed by atoms with Gasteiger partial charge in [-0.25, -0.2) is 0 Å². The molecule has 0 unspecified atom stereocenters. The highest BCUT2D eigenvalue weighted by Gasteiger charge is 2.29. The minimum absolute atomic E-state index is 0.160. The van der Waals surface area contributed by atoms with Crippen LogP contribution in [0.5, 0.6) is 0 Å². The zero-order valence-electron chi connectivity index (χ0n) is 16.5. The van der Waals surface area contributed by atoms with Crippen molar-refractivity contribution < 1.29 is 5.11 Å². The zero-order valence-corrected chi connectivity index (χ0v) is 16.5. The van der Waals surface area contributed by atoms with Gasteiger partial charge in [-0.2, -0.15) is 0 Å². The summed E-state index contributed by atoms with van der Waals surface area (Å²) >= 11 is 0. The summed E-state index contributed by atoms with van der Waals surface area (Å²) < 4.78 is 0. The maximum absolute atomic E-state index is 10.0. The molecule has 140 valence electrons. The number of rotatable bonds is 9. The highest BCUT2D eigenvalue weighted by atomic mass is 16.3. The maximum Gasteiger partial charge on any atom is 0.0628 e. The van der Waals surface area contributed by atoms with Crippen LogP contribution in [0.2, 0.25) is 0 Å². The molecule has 25 heavy (non-hydrogen) atoms. The molecule has 0 bridgehead atoms. The quantitative estimate of drug-likeness (QED) is 0.578. The molecule has 1 aromatic rings. The minimum Gasteiger partial charge on any atom is -0.394 e. The van der Waals surface area contributed by atoms with Gasteiger partial charge in [-0.3, -0.25) is 4.90 Å². The first-order valence-electron chi connectivity index (χ1n) is 10.2. The van der Waals surface area contributed by atoms with E-state index < -0.39 is 0 Å². The molecule has 0 aromatic heterocycles. The van der Waals surface area contributed by atoms with Gasteiger partial charge in [0, 0.05) is 6.04 Å². The van der Waals surface area contributed by atoms with Gasteiger partial charge in [-0.15, -0.1) is 0 Å². The van der Waals surface area contributed by atoms with Crippen molar-refractivity contribution in [2.45, 2.75) is 77.8 Å². The van der Waals surface area contributed by atoms with Crippen molar-refractivity contribution in [3.8, 4) is 0 Å². The summed E-state index contributed by atoms with van der Waals surface area (Å²) in [7, 11) is 0. The highest BCUT2D eigenvalue weighted by Crippen LogP contribution is 2.31. The molecule has 0 radical (unpaired) electrons. The van der Waals surface area contributed by atoms with E-state index >= 15 is 0 Å². The van der Waals surface area contributed by atoms with E-state index in [-0.39, 0.29) is 12.6 Å². The number of hydrogen-bond donors (Lipinski definition) is 1. The SMILES string of the molecule is CC(C)=CCC[C@@H](C)CC[C@H]1CCCCN1[C@H](CO)c1ccccc1. The molecule has 1 aliphatic rings. The van der Waals surface area contributed by atoms with E-state index in [0.29, 0.717) is 6.04 Å². The molecule has 2 heteroatoms. The van der Waals surface area contributed by atoms with Crippen molar-refractivity contribution in [2.75, 3.05) is 13.2 Å². The van der Waals surface area contributed by atoms with E-state index in [1.54, 1.807) is 0 Å². The Hall–Kier alpha value is -1.12. The molecule has 1 aromatic carbocycles. The van der Waals surface area contributed by atoms with Crippen molar-refractivity contribution in [3.63, 3.8) is 0 Å². The number of aliphatic hydroxyl groups is 1. The van der Waals surface area contributed by atoms with Gasteiger partial charge in [0.1, 0.15) is 0 Å². The maximum atomic E-state index is 10.0. The van der Waals surface area contributed by atoms with Gasteiger partial charge < -0.3 is 5.11 Å². The minimum atomic E-state index is 0.160. The van der Waals surface area contributed by atoms with Crippen LogP contribution in [0, 0.1) is 5.92 Å². The van der Waals surface area contributed by atoms with Crippen LogP contribution >= 0.6 is 0 Å². The van der Waals surface area contributed by atoms with E-state index in [9.17, 15) is 5.11 Å². The number of allylic oxidation sites excluding steroid dienone is 2. The van der Waals surface area contributed by atoms with Gasteiger partial charge in [-0.05, 0) is 70.4 Å². The van der Waals surface area contributed by atoms with Gasteiger partial charge in [-0.1, -0.05) is 55.3 Å². The van der Waals surface area contributed by atoms with Crippen LogP contribution in [-0.4, -0.2) is 29.2 Å². The monoisotopic (exact) mass is 343 g/mol. The summed E-state index contributed by atoms with van der Waals surface area (Å²) in [6.07, 6.45) is 11.3. The topological polar surface area (TPSA) is 23.5 Å². The van der Waals surface area contributed by atoms with Crippen molar-refractivity contribution in [1.82, 2.24) is 4.90 Å². The van der Waals surface area contributed by atoms with Crippen LogP contribution in [-0.2, 0) is 0 Å². The molecule has 0 amide bonds. The molecule has 1 fully saturated rings. The molecule has 0 aliphatic carbocycles. The molecule has 1 N–H and O–H groups in total. The Morgan fingerprint density at radius 3 is 2.64 bits per heavy atom. The molecule has 2 nitrogen and oxygen atoms in total. The van der Waals surface area contributed by atoms with Crippen molar-refractivity contribution >= 4 is 0 Å². The lowest BCUT2D eigenvalue weighted by molar-refractivity contribution is 0.0496. The lowest BCUT2D eigenvalue weighted by atomic mass is 9.90. The molecular weight excluding hydrogens is 306 g/mol. The Kier molecular flexibility index (Phi) is 8.71. The molecule has 0 saturated carbocycles. The fourth-order valence-electron chi connectivity index (χ4n) is 4.10. The summed E-state index contributed by atoms with van der Waals surface area (Å²) in [4.78, 5) is 2.58. The van der Waals surface area contributed by atoms with Crippen LogP contribution in [0.4, 0.5) is 0 Å². The fraction of sp³-hybridized carbons (Fsp3) is 0.652. The van der Waals surface area contributed by atoms with E-state index in [0.717, 1.165) is 12.5 Å². The first-order chi connectivity index (χ1) is 12.1. The standard InChI is InChI=1S/C23H37NO/c1-19(2)10-9-11-20(3)15-16-22-14-7-8-17-24(22)23(18-25)21-12-5-4-6-13-21/h4-6,10,12-13,20,22-23,25H,7-9,11,14-18H2,1-3H3/t20-,22-,23-/m1/s1. The Bertz CT molecular complexity index is 506. The normalized spacial score (nSPS) is 20.9. The summed E-state index contributed by atoms with van der Waals surface area (Å²) in [5, 5.41) is 10.0. The van der Waals surface area contributed by atoms with Crippen LogP contribution in [0.3, 0.4) is 0 Å². The summed E-state index contributed by atoms with van der Waals surface area (Å²) in [5.74, 6) is 0.781. The smallest absolute Gasteiger partial charge is 0.0628 e. The zero-order chi connectivity index (χ0) is 18.1. The van der Waals surface area contributed by atoms with Crippen LogP contribution in [0.25, 0.3) is 0 Å². The highest BCUT2D eigenvalue weighted by molar-refractivity contribution is 5.19. The van der Waals surface area contributed by atoms with Crippen molar-refractivity contribution in [3.05, 3.63) is 47.5 Å².